The molecule has 1 aromatic carbocycles. The highest BCUT2D eigenvalue weighted by Gasteiger charge is 2.37. The van der Waals surface area contributed by atoms with Crippen LogP contribution in [0.1, 0.15) is 38.7 Å². The van der Waals surface area contributed by atoms with Crippen LogP contribution in [0.2, 0.25) is 0 Å². The molecule has 1 saturated heterocycles. The second-order valence-corrected chi connectivity index (χ2v) is 5.63. The maximum absolute atomic E-state index is 12.8. The van der Waals surface area contributed by atoms with Crippen molar-refractivity contribution in [2.45, 2.75) is 44.6 Å². The number of hydrogen-bond acceptors (Lipinski definition) is 2. The van der Waals surface area contributed by atoms with Crippen LogP contribution in [-0.2, 0) is 10.2 Å². The zero-order chi connectivity index (χ0) is 13.9. The van der Waals surface area contributed by atoms with E-state index < -0.39 is 5.41 Å². The average molecular weight is 256 g/mol. The number of amides is 1. The molecule has 0 bridgehead atoms. The fourth-order valence-corrected chi connectivity index (χ4v) is 2.65. The smallest absolute Gasteiger partial charge is 0.233 e. The van der Waals surface area contributed by atoms with Crippen molar-refractivity contribution in [3.63, 3.8) is 0 Å². The van der Waals surface area contributed by atoms with Crippen LogP contribution in [0.25, 0.3) is 0 Å². The molecule has 3 nitrogen and oxygen atoms in total. The van der Waals surface area contributed by atoms with Gasteiger partial charge in [0.2, 0.25) is 5.91 Å². The summed E-state index contributed by atoms with van der Waals surface area (Å²) in [5.41, 5.74) is 0.426. The van der Waals surface area contributed by atoms with Crippen LogP contribution in [0, 0.1) is 11.3 Å². The molecular weight excluding hydrogens is 236 g/mol. The van der Waals surface area contributed by atoms with Gasteiger partial charge in [0.25, 0.3) is 0 Å². The molecule has 0 radical (unpaired) electrons. The third-order valence-electron chi connectivity index (χ3n) is 3.94. The lowest BCUT2D eigenvalue weighted by molar-refractivity contribution is -0.138. The van der Waals surface area contributed by atoms with Gasteiger partial charge < -0.3 is 4.90 Å². The molecule has 0 N–H and O–H groups in total. The van der Waals surface area contributed by atoms with Crippen molar-refractivity contribution in [3.05, 3.63) is 35.9 Å². The number of likely N-dealkylation sites (tertiary alicyclic amines) is 1. The average Bonchev–Trinajstić information content (AvgIpc) is 2.47. The van der Waals surface area contributed by atoms with Crippen LogP contribution < -0.4 is 0 Å². The lowest BCUT2D eigenvalue weighted by Crippen LogP contribution is -2.50. The summed E-state index contributed by atoms with van der Waals surface area (Å²) in [6.45, 7) is 4.58. The normalized spacial score (nSPS) is 19.8. The number of piperidine rings is 1. The Labute approximate surface area is 114 Å². The topological polar surface area (TPSA) is 44.1 Å². The molecule has 0 saturated carbocycles. The fourth-order valence-electron chi connectivity index (χ4n) is 2.65. The highest BCUT2D eigenvalue weighted by atomic mass is 16.2. The van der Waals surface area contributed by atoms with Gasteiger partial charge in [0.05, 0.1) is 11.5 Å². The van der Waals surface area contributed by atoms with Gasteiger partial charge in [-0.3, -0.25) is 4.79 Å². The predicted molar refractivity (Wildman–Crippen MR) is 74.4 cm³/mol. The van der Waals surface area contributed by atoms with Crippen molar-refractivity contribution in [3.8, 4) is 6.07 Å². The van der Waals surface area contributed by atoms with Gasteiger partial charge in [0.15, 0.2) is 0 Å². The van der Waals surface area contributed by atoms with E-state index in [0.717, 1.165) is 24.8 Å². The minimum absolute atomic E-state index is 0.0601. The Kier molecular flexibility index (Phi) is 3.90. The maximum atomic E-state index is 12.8. The SMILES string of the molecule is CC(C)(C(=O)N1CCCCC1C#N)c1ccccc1. The summed E-state index contributed by atoms with van der Waals surface area (Å²) < 4.78 is 0. The highest BCUT2D eigenvalue weighted by Crippen LogP contribution is 2.28. The van der Waals surface area contributed by atoms with E-state index in [9.17, 15) is 10.1 Å². The Hall–Kier alpha value is -1.82. The van der Waals surface area contributed by atoms with E-state index in [2.05, 4.69) is 6.07 Å². The lowest BCUT2D eigenvalue weighted by Gasteiger charge is -2.37. The van der Waals surface area contributed by atoms with Gasteiger partial charge in [-0.25, -0.2) is 0 Å². The van der Waals surface area contributed by atoms with Crippen LogP contribution >= 0.6 is 0 Å². The fraction of sp³-hybridized carbons (Fsp3) is 0.500. The molecule has 1 heterocycles. The van der Waals surface area contributed by atoms with Crippen molar-refractivity contribution >= 4 is 5.91 Å². The standard InChI is InChI=1S/C16H20N2O/c1-16(2,13-8-4-3-5-9-13)15(19)18-11-7-6-10-14(18)12-17/h3-5,8-9,14H,6-7,10-11H2,1-2H3. The molecule has 1 aliphatic rings. The molecule has 1 aliphatic heterocycles. The zero-order valence-corrected chi connectivity index (χ0v) is 11.6. The molecule has 0 spiro atoms. The minimum Gasteiger partial charge on any atom is -0.326 e. The van der Waals surface area contributed by atoms with Gasteiger partial charge in [-0.2, -0.15) is 5.26 Å². The van der Waals surface area contributed by atoms with E-state index >= 15 is 0 Å². The number of carbonyl (C=O) groups is 1. The van der Waals surface area contributed by atoms with Gasteiger partial charge in [-0.15, -0.1) is 0 Å². The monoisotopic (exact) mass is 256 g/mol. The van der Waals surface area contributed by atoms with Crippen molar-refractivity contribution in [2.24, 2.45) is 0 Å². The van der Waals surface area contributed by atoms with E-state index in [4.69, 9.17) is 0 Å². The summed E-state index contributed by atoms with van der Waals surface area (Å²) in [6, 6.07) is 11.8. The van der Waals surface area contributed by atoms with Crippen molar-refractivity contribution < 1.29 is 4.79 Å². The molecule has 1 aromatic rings. The van der Waals surface area contributed by atoms with Gasteiger partial charge in [0, 0.05) is 6.54 Å². The van der Waals surface area contributed by atoms with Crippen molar-refractivity contribution in [2.75, 3.05) is 6.54 Å². The van der Waals surface area contributed by atoms with E-state index in [1.165, 1.54) is 0 Å². The van der Waals surface area contributed by atoms with Crippen LogP contribution in [0.5, 0.6) is 0 Å². The second kappa shape index (κ2) is 5.44. The van der Waals surface area contributed by atoms with Gasteiger partial charge in [0.1, 0.15) is 6.04 Å². The molecule has 100 valence electrons. The largest absolute Gasteiger partial charge is 0.326 e. The quantitative estimate of drug-likeness (QED) is 0.816. The number of benzene rings is 1. The first-order valence-electron chi connectivity index (χ1n) is 6.83. The minimum atomic E-state index is -0.576. The predicted octanol–water partition coefficient (Wildman–Crippen LogP) is 2.87. The van der Waals surface area contributed by atoms with E-state index in [1.54, 1.807) is 4.90 Å². The van der Waals surface area contributed by atoms with Crippen molar-refractivity contribution in [1.29, 1.82) is 5.26 Å². The number of carbonyl (C=O) groups excluding carboxylic acids is 1. The second-order valence-electron chi connectivity index (χ2n) is 5.63. The molecule has 1 amide bonds. The van der Waals surface area contributed by atoms with Gasteiger partial charge in [-0.05, 0) is 38.7 Å². The Morgan fingerprint density at radius 2 is 2.00 bits per heavy atom. The summed E-state index contributed by atoms with van der Waals surface area (Å²) in [6.07, 6.45) is 2.83. The first kappa shape index (κ1) is 13.6. The maximum Gasteiger partial charge on any atom is 0.233 e. The first-order valence-corrected chi connectivity index (χ1v) is 6.83. The van der Waals surface area contributed by atoms with E-state index in [1.807, 2.05) is 44.2 Å². The van der Waals surface area contributed by atoms with Gasteiger partial charge >= 0.3 is 0 Å². The van der Waals surface area contributed by atoms with Crippen LogP contribution in [-0.4, -0.2) is 23.4 Å². The van der Waals surface area contributed by atoms with Crippen LogP contribution in [0.4, 0.5) is 0 Å². The Morgan fingerprint density at radius 3 is 2.63 bits per heavy atom. The first-order chi connectivity index (χ1) is 9.07. The number of nitrogens with zero attached hydrogens (tertiary/aromatic N) is 2. The summed E-state index contributed by atoms with van der Waals surface area (Å²) in [7, 11) is 0. The summed E-state index contributed by atoms with van der Waals surface area (Å²) in [5.74, 6) is 0.0601. The summed E-state index contributed by atoms with van der Waals surface area (Å²) >= 11 is 0. The third-order valence-corrected chi connectivity index (χ3v) is 3.94. The third kappa shape index (κ3) is 2.63. The Bertz CT molecular complexity index is 487. The van der Waals surface area contributed by atoms with E-state index in [0.29, 0.717) is 6.54 Å². The van der Waals surface area contributed by atoms with E-state index in [-0.39, 0.29) is 11.9 Å². The molecular formula is C16H20N2O. The zero-order valence-electron chi connectivity index (χ0n) is 11.6. The van der Waals surface area contributed by atoms with Crippen LogP contribution in [0.3, 0.4) is 0 Å². The number of hydrogen-bond donors (Lipinski definition) is 0. The Morgan fingerprint density at radius 1 is 1.32 bits per heavy atom. The Balaban J connectivity index is 2.25. The molecule has 19 heavy (non-hydrogen) atoms. The molecule has 3 heteroatoms. The number of rotatable bonds is 2. The summed E-state index contributed by atoms with van der Waals surface area (Å²) in [5, 5.41) is 9.20. The molecule has 0 aliphatic carbocycles. The molecule has 1 unspecified atom stereocenters. The van der Waals surface area contributed by atoms with Crippen LogP contribution in [0.15, 0.2) is 30.3 Å². The molecule has 2 rings (SSSR count). The highest BCUT2D eigenvalue weighted by molar-refractivity contribution is 5.88. The van der Waals surface area contributed by atoms with Crippen molar-refractivity contribution in [1.82, 2.24) is 4.90 Å². The molecule has 1 fully saturated rings. The summed E-state index contributed by atoms with van der Waals surface area (Å²) in [4.78, 5) is 14.5. The van der Waals surface area contributed by atoms with Gasteiger partial charge in [-0.1, -0.05) is 30.3 Å². The molecule has 1 atom stereocenters. The molecule has 0 aromatic heterocycles. The lowest BCUT2D eigenvalue weighted by atomic mass is 9.82. The number of nitriles is 1.